The quantitative estimate of drug-likeness (QED) is 0.696. The van der Waals surface area contributed by atoms with E-state index in [0.29, 0.717) is 38.7 Å². The molecule has 8 heteroatoms. The molecule has 1 fully saturated rings. The summed E-state index contributed by atoms with van der Waals surface area (Å²) in [5.74, 6) is 0.952. The summed E-state index contributed by atoms with van der Waals surface area (Å²) in [5, 5.41) is 7.71. The number of hydrogen-bond acceptors (Lipinski definition) is 6. The van der Waals surface area contributed by atoms with Crippen LogP contribution < -0.4 is 5.32 Å². The van der Waals surface area contributed by atoms with Crippen molar-refractivity contribution in [3.63, 3.8) is 0 Å². The third kappa shape index (κ3) is 3.64. The van der Waals surface area contributed by atoms with Gasteiger partial charge in [-0.2, -0.15) is 5.10 Å². The summed E-state index contributed by atoms with van der Waals surface area (Å²) in [6.45, 7) is 4.63. The lowest BCUT2D eigenvalue weighted by Gasteiger charge is -2.22. The molecule has 3 aromatic heterocycles. The zero-order chi connectivity index (χ0) is 20.5. The Morgan fingerprint density at radius 3 is 3.07 bits per heavy atom. The third-order valence-corrected chi connectivity index (χ3v) is 5.56. The highest BCUT2D eigenvalue weighted by Gasteiger charge is 2.30. The van der Waals surface area contributed by atoms with Gasteiger partial charge in [-0.1, -0.05) is 6.07 Å². The van der Waals surface area contributed by atoms with Gasteiger partial charge in [0, 0.05) is 42.7 Å². The van der Waals surface area contributed by atoms with Crippen LogP contribution in [0.2, 0.25) is 0 Å². The minimum atomic E-state index is -0.229. The Balaban J connectivity index is 1.36. The second-order valence-corrected chi connectivity index (χ2v) is 7.69. The van der Waals surface area contributed by atoms with Crippen molar-refractivity contribution in [1.29, 1.82) is 0 Å². The van der Waals surface area contributed by atoms with Crippen molar-refractivity contribution in [2.75, 3.05) is 26.4 Å². The van der Waals surface area contributed by atoms with Gasteiger partial charge < -0.3 is 19.2 Å². The average molecular weight is 408 g/mol. The lowest BCUT2D eigenvalue weighted by molar-refractivity contribution is -0.0856. The van der Waals surface area contributed by atoms with Crippen LogP contribution in [0.4, 0.5) is 0 Å². The number of nitrogens with one attached hydrogen (secondary N) is 1. The lowest BCUT2D eigenvalue weighted by atomic mass is 9.93. The molecule has 0 aromatic carbocycles. The molecule has 4 heterocycles. The number of carbonyl (C=O) groups excluding carboxylic acids is 1. The number of hydrogen-bond donors (Lipinski definition) is 1. The van der Waals surface area contributed by atoms with Crippen molar-refractivity contribution in [3.05, 3.63) is 58.9 Å². The third-order valence-electron chi connectivity index (χ3n) is 5.56. The van der Waals surface area contributed by atoms with E-state index in [9.17, 15) is 4.79 Å². The molecular weight excluding hydrogens is 384 g/mol. The molecule has 8 nitrogen and oxygen atoms in total. The summed E-state index contributed by atoms with van der Waals surface area (Å²) in [5.41, 5.74) is 4.95. The largest absolute Gasteiger partial charge is 0.455 e. The van der Waals surface area contributed by atoms with Crippen LogP contribution in [0.1, 0.15) is 33.0 Å². The summed E-state index contributed by atoms with van der Waals surface area (Å²) in [4.78, 5) is 16.9. The number of amides is 1. The smallest absolute Gasteiger partial charge is 0.287 e. The van der Waals surface area contributed by atoms with Crippen molar-refractivity contribution in [1.82, 2.24) is 20.1 Å². The molecular formula is C22H24N4O4. The number of ether oxygens (including phenoxy) is 2. The van der Waals surface area contributed by atoms with E-state index in [2.05, 4.69) is 16.5 Å². The number of aryl methyl sites for hydroxylation is 2. The summed E-state index contributed by atoms with van der Waals surface area (Å²) in [6, 6.07) is 3.96. The summed E-state index contributed by atoms with van der Waals surface area (Å²) >= 11 is 0. The first-order valence-corrected chi connectivity index (χ1v) is 10.2. The number of rotatable bonds is 5. The number of carbonyl (C=O) groups is 1. The molecule has 0 radical (unpaired) electrons. The van der Waals surface area contributed by atoms with Crippen LogP contribution in [0.15, 0.2) is 35.1 Å². The van der Waals surface area contributed by atoms with Gasteiger partial charge in [0.1, 0.15) is 5.76 Å². The molecule has 0 bridgehead atoms. The first-order valence-electron chi connectivity index (χ1n) is 10.2. The molecule has 0 spiro atoms. The van der Waals surface area contributed by atoms with Crippen LogP contribution in [-0.2, 0) is 28.9 Å². The number of fused-ring (bicyclic) bond motifs is 3. The molecule has 5 rings (SSSR count). The molecule has 30 heavy (non-hydrogen) atoms. The SMILES string of the molecule is Cc1c(C(=O)NC[C@@H]2COCCO2)oc2c1-c1nn(Cc3cccnc3)cc1CC2. The van der Waals surface area contributed by atoms with Crippen LogP contribution in [0, 0.1) is 6.92 Å². The minimum absolute atomic E-state index is 0.123. The second kappa shape index (κ2) is 8.04. The van der Waals surface area contributed by atoms with Crippen LogP contribution in [0.5, 0.6) is 0 Å². The summed E-state index contributed by atoms with van der Waals surface area (Å²) in [6.07, 6.45) is 7.17. The second-order valence-electron chi connectivity index (χ2n) is 7.69. The van der Waals surface area contributed by atoms with Gasteiger partial charge in [0.15, 0.2) is 5.76 Å². The number of nitrogens with zero attached hydrogens (tertiary/aromatic N) is 3. The highest BCUT2D eigenvalue weighted by atomic mass is 16.6. The van der Waals surface area contributed by atoms with Gasteiger partial charge in [0.05, 0.1) is 38.2 Å². The number of aromatic nitrogens is 3. The lowest BCUT2D eigenvalue weighted by Crippen LogP contribution is -2.39. The molecule has 1 aliphatic carbocycles. The van der Waals surface area contributed by atoms with E-state index in [1.54, 1.807) is 6.20 Å². The van der Waals surface area contributed by atoms with E-state index < -0.39 is 0 Å². The fourth-order valence-electron chi connectivity index (χ4n) is 4.08. The van der Waals surface area contributed by atoms with Gasteiger partial charge in [-0.25, -0.2) is 0 Å². The van der Waals surface area contributed by atoms with Gasteiger partial charge in [0.25, 0.3) is 5.91 Å². The van der Waals surface area contributed by atoms with E-state index in [1.807, 2.05) is 29.9 Å². The highest BCUT2D eigenvalue weighted by Crippen LogP contribution is 2.38. The van der Waals surface area contributed by atoms with Crippen molar-refractivity contribution in [3.8, 4) is 11.3 Å². The van der Waals surface area contributed by atoms with E-state index in [4.69, 9.17) is 19.0 Å². The minimum Gasteiger partial charge on any atom is -0.455 e. The fourth-order valence-corrected chi connectivity index (χ4v) is 4.08. The molecule has 0 saturated carbocycles. The zero-order valence-corrected chi connectivity index (χ0v) is 16.9. The van der Waals surface area contributed by atoms with Gasteiger partial charge in [-0.15, -0.1) is 0 Å². The Morgan fingerprint density at radius 1 is 1.33 bits per heavy atom. The van der Waals surface area contributed by atoms with Gasteiger partial charge in [0.2, 0.25) is 0 Å². The first kappa shape index (κ1) is 19.0. The zero-order valence-electron chi connectivity index (χ0n) is 16.9. The normalized spacial score (nSPS) is 18.0. The topological polar surface area (TPSA) is 91.4 Å². The Bertz CT molecular complexity index is 1050. The molecule has 1 atom stereocenters. The Labute approximate surface area is 174 Å². The Kier molecular flexibility index (Phi) is 5.10. The molecule has 3 aromatic rings. The van der Waals surface area contributed by atoms with Crippen molar-refractivity contribution in [2.45, 2.75) is 32.4 Å². The summed E-state index contributed by atoms with van der Waals surface area (Å²) < 4.78 is 18.9. The number of furan rings is 1. The van der Waals surface area contributed by atoms with E-state index >= 15 is 0 Å². The standard InChI is InChI=1S/C22H24N4O4/c1-14-19-18(30-21(14)22(27)24-10-17-13-28-7-8-29-17)5-4-16-12-26(25-20(16)19)11-15-3-2-6-23-9-15/h2-3,6,9,12,17H,4-5,7-8,10-11,13H2,1H3,(H,24,27)/t17-/m1/s1. The molecule has 1 N–H and O–H groups in total. The predicted octanol–water partition coefficient (Wildman–Crippen LogP) is 2.14. The first-order chi connectivity index (χ1) is 14.7. The Morgan fingerprint density at radius 2 is 2.27 bits per heavy atom. The fraction of sp³-hybridized carbons (Fsp3) is 0.409. The average Bonchev–Trinajstić information content (AvgIpc) is 3.33. The maximum absolute atomic E-state index is 12.8. The van der Waals surface area contributed by atoms with Gasteiger partial charge >= 0.3 is 0 Å². The van der Waals surface area contributed by atoms with E-state index in [-0.39, 0.29) is 12.0 Å². The monoisotopic (exact) mass is 408 g/mol. The Hall–Kier alpha value is -2.97. The molecule has 156 valence electrons. The van der Waals surface area contributed by atoms with Crippen LogP contribution >= 0.6 is 0 Å². The van der Waals surface area contributed by atoms with Crippen LogP contribution in [0.25, 0.3) is 11.3 Å². The van der Waals surface area contributed by atoms with Crippen LogP contribution in [-0.4, -0.2) is 53.1 Å². The summed E-state index contributed by atoms with van der Waals surface area (Å²) in [7, 11) is 0. The molecule has 1 amide bonds. The van der Waals surface area contributed by atoms with Gasteiger partial charge in [-0.3, -0.25) is 14.5 Å². The molecule has 2 aliphatic rings. The van der Waals surface area contributed by atoms with E-state index in [1.165, 1.54) is 5.56 Å². The molecule has 0 unspecified atom stereocenters. The molecule has 1 saturated heterocycles. The van der Waals surface area contributed by atoms with Crippen molar-refractivity contribution < 1.29 is 18.7 Å². The van der Waals surface area contributed by atoms with Crippen molar-refractivity contribution in [2.24, 2.45) is 0 Å². The number of pyridine rings is 1. The maximum atomic E-state index is 12.8. The molecule has 1 aliphatic heterocycles. The predicted molar refractivity (Wildman–Crippen MR) is 108 cm³/mol. The highest BCUT2D eigenvalue weighted by molar-refractivity contribution is 5.95. The van der Waals surface area contributed by atoms with E-state index in [0.717, 1.165) is 41.0 Å². The van der Waals surface area contributed by atoms with Crippen LogP contribution in [0.3, 0.4) is 0 Å². The van der Waals surface area contributed by atoms with Crippen molar-refractivity contribution >= 4 is 5.91 Å². The van der Waals surface area contributed by atoms with Gasteiger partial charge in [-0.05, 0) is 30.5 Å². The maximum Gasteiger partial charge on any atom is 0.287 e.